The second kappa shape index (κ2) is 27.9. The number of aliphatic hydroxyl groups excluding tert-OH is 2. The number of benzene rings is 3. The number of nitrogens with zero attached hydrogens (tertiary/aromatic N) is 2. The fourth-order valence-electron chi connectivity index (χ4n) is 11.9. The monoisotopic (exact) mass is 1020 g/mol. The molecule has 3 aromatic rings. The van der Waals surface area contributed by atoms with Crippen LogP contribution in [-0.2, 0) is 32.2 Å². The maximum Gasteiger partial charge on any atom is 0.412 e. The molecule has 3 N–H and O–H groups in total. The highest BCUT2D eigenvalue weighted by Gasteiger charge is 2.65. The average Bonchev–Trinajstić information content (AvgIpc) is 3.90. The number of allylic oxidation sites excluding steroid dienone is 1. The molecule has 0 bridgehead atoms. The van der Waals surface area contributed by atoms with Crippen molar-refractivity contribution in [3.63, 3.8) is 0 Å². The van der Waals surface area contributed by atoms with Crippen molar-refractivity contribution in [2.75, 3.05) is 33.2 Å². The summed E-state index contributed by atoms with van der Waals surface area (Å²) in [5.74, 6) is -0.126. The van der Waals surface area contributed by atoms with Crippen LogP contribution in [0.4, 0.5) is 4.79 Å². The van der Waals surface area contributed by atoms with Crippen LogP contribution < -0.4 is 24.3 Å². The Morgan fingerprint density at radius 3 is 2.36 bits per heavy atom. The van der Waals surface area contributed by atoms with Gasteiger partial charge in [0.2, 0.25) is 24.8 Å². The lowest BCUT2D eigenvalue weighted by Gasteiger charge is -2.60. The zero-order chi connectivity index (χ0) is 51.5. The highest BCUT2D eigenvalue weighted by molar-refractivity contribution is 6.03. The summed E-state index contributed by atoms with van der Waals surface area (Å²) in [6.07, 6.45) is 20.7. The molecule has 5 aliphatic rings. The van der Waals surface area contributed by atoms with Crippen molar-refractivity contribution < 1.29 is 53.1 Å². The van der Waals surface area contributed by atoms with Crippen LogP contribution in [0.3, 0.4) is 0 Å². The molecule has 0 aromatic heterocycles. The van der Waals surface area contributed by atoms with Gasteiger partial charge in [0, 0.05) is 57.0 Å². The summed E-state index contributed by atoms with van der Waals surface area (Å²) in [7, 11) is 0. The van der Waals surface area contributed by atoms with E-state index in [0.717, 1.165) is 86.5 Å². The largest absolute Gasteiger partial charge is 0.459 e. The van der Waals surface area contributed by atoms with E-state index in [4.69, 9.17) is 38.4 Å². The third-order valence-corrected chi connectivity index (χ3v) is 15.5. The van der Waals surface area contributed by atoms with Gasteiger partial charge in [0.05, 0.1) is 24.8 Å². The zero-order valence-corrected chi connectivity index (χ0v) is 43.7. The Hall–Kier alpha value is -5.41. The van der Waals surface area contributed by atoms with E-state index in [1.165, 1.54) is 32.1 Å². The fourth-order valence-corrected chi connectivity index (χ4v) is 11.9. The average molecular weight is 1020 g/mol. The van der Waals surface area contributed by atoms with Gasteiger partial charge in [-0.25, -0.2) is 4.79 Å². The normalized spacial score (nSPS) is 24.0. The number of amides is 2. The molecule has 74 heavy (non-hydrogen) atoms. The van der Waals surface area contributed by atoms with Crippen LogP contribution in [0.15, 0.2) is 96.2 Å². The van der Waals surface area contributed by atoms with Crippen molar-refractivity contribution >= 4 is 17.7 Å². The number of oxime groups is 1. The predicted molar refractivity (Wildman–Crippen MR) is 284 cm³/mol. The molecule has 7 atom stereocenters. The minimum absolute atomic E-state index is 0.0176. The standard InChI is InChI=1S/C60H81N3O11/c1-3-5-6-7-8-9-10-11-15-26-55(66)63(41-44-28-30-52-53(36-44)70-42-69-52)54-39-50(62-74-56-27-18-21-35-68-56)48-37-45(24-16-19-32-64)47(25-17-20-33-65)57-49-38-46(72-59(67)61-40-43-22-13-12-14-23-43)29-31-51(49)73-60(54,58(48)57)71-34-4-2/h4,12-14,22-23,28-31,36-38,45,47,54,56-58,64-65H,2-3,5-11,15-21,24-27,32-35,39-42H2,1H3,(H,61,67)/t45-,47+,54-,56?,57+,58+,60+/m0/s1. The first kappa shape index (κ1) is 54.8. The van der Waals surface area contributed by atoms with Crippen LogP contribution in [0.5, 0.6) is 23.0 Å². The highest BCUT2D eigenvalue weighted by Crippen LogP contribution is 2.62. The number of rotatable bonds is 29. The summed E-state index contributed by atoms with van der Waals surface area (Å²) in [5.41, 5.74) is 4.29. The number of carbonyl (C=O) groups is 2. The van der Waals surface area contributed by atoms with Crippen molar-refractivity contribution in [3.8, 4) is 23.0 Å². The lowest BCUT2D eigenvalue weighted by Crippen LogP contribution is -2.70. The number of aliphatic hydroxyl groups is 2. The van der Waals surface area contributed by atoms with Crippen LogP contribution in [0.2, 0.25) is 0 Å². The van der Waals surface area contributed by atoms with Crippen LogP contribution >= 0.6 is 0 Å². The molecule has 0 spiro atoms. The Balaban J connectivity index is 1.24. The molecule has 1 unspecified atom stereocenters. The van der Waals surface area contributed by atoms with Gasteiger partial charge in [0.15, 0.2) is 11.5 Å². The Bertz CT molecular complexity index is 2330. The molecule has 3 aliphatic heterocycles. The first-order valence-corrected chi connectivity index (χ1v) is 27.9. The van der Waals surface area contributed by atoms with E-state index < -0.39 is 30.1 Å². The molecule has 0 radical (unpaired) electrons. The van der Waals surface area contributed by atoms with E-state index in [1.54, 1.807) is 12.1 Å². The van der Waals surface area contributed by atoms with Gasteiger partial charge in [0.25, 0.3) is 0 Å². The van der Waals surface area contributed by atoms with Gasteiger partial charge in [-0.3, -0.25) is 4.79 Å². The SMILES string of the molecule is C=CCO[C@@]12Oc3ccc(OC(=O)NCc4ccccc4)cc3[C@H]3[C@H](CCCCO)[C@@H](CCCCO)C=C(C(=NOC4CCCCO4)C[C@@H]1N(Cc1ccc4c(c1)OCO4)C(=O)CCCCCCCCCCC)[C@H]32. The van der Waals surface area contributed by atoms with Gasteiger partial charge < -0.3 is 53.7 Å². The highest BCUT2D eigenvalue weighted by atomic mass is 16.8. The fraction of sp³-hybridized carbons (Fsp3) is 0.583. The van der Waals surface area contributed by atoms with Crippen molar-refractivity contribution in [1.82, 2.24) is 10.2 Å². The number of hydrogen-bond acceptors (Lipinski definition) is 12. The smallest absolute Gasteiger partial charge is 0.412 e. The third-order valence-electron chi connectivity index (χ3n) is 15.5. The van der Waals surface area contributed by atoms with E-state index in [0.29, 0.717) is 67.5 Å². The molecule has 2 fully saturated rings. The lowest BCUT2D eigenvalue weighted by molar-refractivity contribution is -0.258. The van der Waals surface area contributed by atoms with E-state index >= 15 is 4.79 Å². The maximum atomic E-state index is 15.4. The number of hydrogen-bond donors (Lipinski definition) is 3. The molecule has 3 aromatic carbocycles. The first-order valence-electron chi connectivity index (χ1n) is 27.9. The number of carbonyl (C=O) groups excluding carboxylic acids is 2. The molecule has 402 valence electrons. The first-order chi connectivity index (χ1) is 36.3. The predicted octanol–water partition coefficient (Wildman–Crippen LogP) is 11.8. The van der Waals surface area contributed by atoms with Crippen LogP contribution in [-0.4, -0.2) is 84.2 Å². The second-order valence-electron chi connectivity index (χ2n) is 20.7. The molecule has 2 aliphatic carbocycles. The Kier molecular flexibility index (Phi) is 20.7. The number of ether oxygens (including phenoxy) is 6. The van der Waals surface area contributed by atoms with Gasteiger partial charge in [-0.1, -0.05) is 125 Å². The molecule has 3 heterocycles. The summed E-state index contributed by atoms with van der Waals surface area (Å²) in [6, 6.07) is 20.4. The maximum absolute atomic E-state index is 15.4. The van der Waals surface area contributed by atoms with Crippen LogP contribution in [0.1, 0.15) is 158 Å². The molecule has 1 saturated heterocycles. The Morgan fingerprint density at radius 2 is 1.61 bits per heavy atom. The quantitative estimate of drug-likeness (QED) is 0.0344. The minimum atomic E-state index is -1.47. The Labute approximate surface area is 438 Å². The van der Waals surface area contributed by atoms with E-state index in [2.05, 4.69) is 24.9 Å². The van der Waals surface area contributed by atoms with Gasteiger partial charge in [0.1, 0.15) is 17.5 Å². The molecule has 8 rings (SSSR count). The molecule has 14 nitrogen and oxygen atoms in total. The second-order valence-corrected chi connectivity index (χ2v) is 20.7. The summed E-state index contributed by atoms with van der Waals surface area (Å²) < 4.78 is 38.5. The molecule has 1 saturated carbocycles. The topological polar surface area (TPSA) is 167 Å². The zero-order valence-electron chi connectivity index (χ0n) is 43.7. The summed E-state index contributed by atoms with van der Waals surface area (Å²) in [6.45, 7) is 7.88. The van der Waals surface area contributed by atoms with Gasteiger partial charge >= 0.3 is 6.09 Å². The van der Waals surface area contributed by atoms with Crippen molar-refractivity contribution in [3.05, 3.63) is 108 Å². The number of nitrogens with one attached hydrogen (secondary N) is 1. The van der Waals surface area contributed by atoms with E-state index in [-0.39, 0.29) is 63.2 Å². The third kappa shape index (κ3) is 13.9. The van der Waals surface area contributed by atoms with Gasteiger partial charge in [-0.15, -0.1) is 6.58 Å². The molecular formula is C60H81N3O11. The molecule has 14 heteroatoms. The van der Waals surface area contributed by atoms with Crippen molar-refractivity contribution in [2.24, 2.45) is 22.9 Å². The summed E-state index contributed by atoms with van der Waals surface area (Å²) >= 11 is 0. The van der Waals surface area contributed by atoms with Crippen molar-refractivity contribution in [1.29, 1.82) is 0 Å². The molecule has 2 amide bonds. The summed E-state index contributed by atoms with van der Waals surface area (Å²) in [4.78, 5) is 37.3. The van der Waals surface area contributed by atoms with E-state index in [9.17, 15) is 15.0 Å². The summed E-state index contributed by atoms with van der Waals surface area (Å²) in [5, 5.41) is 28.2. The van der Waals surface area contributed by atoms with E-state index in [1.807, 2.05) is 65.6 Å². The lowest BCUT2D eigenvalue weighted by atomic mass is 9.55. The van der Waals surface area contributed by atoms with Gasteiger partial charge in [-0.2, -0.15) is 0 Å². The Morgan fingerprint density at radius 1 is 0.851 bits per heavy atom. The van der Waals surface area contributed by atoms with Crippen molar-refractivity contribution in [2.45, 2.75) is 172 Å². The number of fused-ring (bicyclic) bond motifs is 3. The molecular weight excluding hydrogens is 939 g/mol. The number of unbranched alkanes of at least 4 members (excludes halogenated alkanes) is 10. The van der Waals surface area contributed by atoms with Crippen LogP contribution in [0.25, 0.3) is 0 Å². The van der Waals surface area contributed by atoms with Gasteiger partial charge in [-0.05, 0) is 104 Å². The minimum Gasteiger partial charge on any atom is -0.459 e. The van der Waals surface area contributed by atoms with Crippen LogP contribution in [0, 0.1) is 17.8 Å².